The molecule has 0 aliphatic rings. The first kappa shape index (κ1) is 14.5. The quantitative estimate of drug-likeness (QED) is 0.880. The van der Waals surface area contributed by atoms with E-state index in [4.69, 9.17) is 0 Å². The topological polar surface area (TPSA) is 32.3 Å². The first-order valence-electron chi connectivity index (χ1n) is 6.47. The second-order valence-corrected chi connectivity index (χ2v) is 4.80. The Morgan fingerprint density at radius 2 is 1.90 bits per heavy atom. The van der Waals surface area contributed by atoms with Crippen molar-refractivity contribution in [3.05, 3.63) is 65.2 Å². The minimum atomic E-state index is -0.569. The van der Waals surface area contributed by atoms with Crippen LogP contribution in [0.2, 0.25) is 0 Å². The highest BCUT2D eigenvalue weighted by Crippen LogP contribution is 2.16. The van der Waals surface area contributed by atoms with Gasteiger partial charge in [-0.15, -0.1) is 0 Å². The van der Waals surface area contributed by atoms with Gasteiger partial charge in [-0.05, 0) is 49.2 Å². The summed E-state index contributed by atoms with van der Waals surface area (Å²) in [6.45, 7) is 0. The number of nitrogens with one attached hydrogen (secondary N) is 1. The minimum Gasteiger partial charge on any atom is -0.508 e. The highest BCUT2D eigenvalue weighted by Gasteiger charge is 2.12. The third-order valence-electron chi connectivity index (χ3n) is 3.28. The number of likely N-dealkylation sites (N-methyl/N-ethyl adjacent to an activating group) is 1. The zero-order chi connectivity index (χ0) is 14.5. The Bertz CT molecular complexity index is 586. The number of aromatic hydroxyl groups is 1. The molecule has 2 rings (SSSR count). The molecule has 0 heterocycles. The Morgan fingerprint density at radius 3 is 2.55 bits per heavy atom. The van der Waals surface area contributed by atoms with Crippen molar-refractivity contribution in [2.24, 2.45) is 0 Å². The molecule has 2 aromatic carbocycles. The van der Waals surface area contributed by atoms with Crippen LogP contribution >= 0.6 is 0 Å². The van der Waals surface area contributed by atoms with Crippen molar-refractivity contribution in [2.45, 2.75) is 18.9 Å². The number of benzene rings is 2. The van der Waals surface area contributed by atoms with Crippen molar-refractivity contribution < 1.29 is 13.9 Å². The summed E-state index contributed by atoms with van der Waals surface area (Å²) >= 11 is 0. The van der Waals surface area contributed by atoms with Gasteiger partial charge in [0.25, 0.3) is 0 Å². The molecule has 0 radical (unpaired) electrons. The van der Waals surface area contributed by atoms with Gasteiger partial charge in [-0.2, -0.15) is 0 Å². The largest absolute Gasteiger partial charge is 0.508 e. The van der Waals surface area contributed by atoms with Gasteiger partial charge >= 0.3 is 0 Å². The first-order chi connectivity index (χ1) is 9.58. The van der Waals surface area contributed by atoms with E-state index in [1.165, 1.54) is 12.1 Å². The van der Waals surface area contributed by atoms with E-state index in [2.05, 4.69) is 5.32 Å². The molecule has 0 fully saturated rings. The van der Waals surface area contributed by atoms with Crippen LogP contribution in [0.5, 0.6) is 5.75 Å². The van der Waals surface area contributed by atoms with E-state index >= 15 is 0 Å². The van der Waals surface area contributed by atoms with Gasteiger partial charge in [0.1, 0.15) is 17.4 Å². The van der Waals surface area contributed by atoms with Gasteiger partial charge in [0.05, 0.1) is 0 Å². The average Bonchev–Trinajstić information content (AvgIpc) is 2.41. The second-order valence-electron chi connectivity index (χ2n) is 4.80. The lowest BCUT2D eigenvalue weighted by molar-refractivity contribution is 0.473. The minimum absolute atomic E-state index is 0.0109. The number of hydrogen-bond donors (Lipinski definition) is 2. The SMILES string of the molecule is CNC(Cc1cccc(O)c1)Cc1ccc(F)cc1F. The maximum absolute atomic E-state index is 13.6. The van der Waals surface area contributed by atoms with E-state index in [-0.39, 0.29) is 11.8 Å². The molecule has 0 spiro atoms. The van der Waals surface area contributed by atoms with Crippen LogP contribution in [0.15, 0.2) is 42.5 Å². The number of rotatable bonds is 5. The van der Waals surface area contributed by atoms with Crippen molar-refractivity contribution >= 4 is 0 Å². The zero-order valence-electron chi connectivity index (χ0n) is 11.2. The van der Waals surface area contributed by atoms with E-state index in [1.54, 1.807) is 25.2 Å². The predicted molar refractivity (Wildman–Crippen MR) is 74.7 cm³/mol. The highest BCUT2D eigenvalue weighted by molar-refractivity contribution is 5.28. The molecular formula is C16H17F2NO. The van der Waals surface area contributed by atoms with E-state index in [9.17, 15) is 13.9 Å². The van der Waals surface area contributed by atoms with E-state index in [0.717, 1.165) is 11.6 Å². The van der Waals surface area contributed by atoms with Gasteiger partial charge < -0.3 is 10.4 Å². The molecule has 0 aliphatic heterocycles. The van der Waals surface area contributed by atoms with Gasteiger partial charge in [0.15, 0.2) is 0 Å². The fourth-order valence-electron chi connectivity index (χ4n) is 2.20. The molecule has 2 nitrogen and oxygen atoms in total. The molecule has 2 aromatic rings. The number of phenols is 1. The van der Waals surface area contributed by atoms with Crippen LogP contribution in [-0.2, 0) is 12.8 Å². The molecule has 1 unspecified atom stereocenters. The predicted octanol–water partition coefficient (Wildman–Crippen LogP) is 3.04. The Labute approximate surface area is 117 Å². The van der Waals surface area contributed by atoms with Crippen LogP contribution in [0, 0.1) is 11.6 Å². The number of hydrogen-bond acceptors (Lipinski definition) is 2. The van der Waals surface area contributed by atoms with Crippen LogP contribution in [0.3, 0.4) is 0 Å². The van der Waals surface area contributed by atoms with Crippen LogP contribution in [-0.4, -0.2) is 18.2 Å². The lowest BCUT2D eigenvalue weighted by Crippen LogP contribution is -2.30. The summed E-state index contributed by atoms with van der Waals surface area (Å²) in [5.41, 5.74) is 1.44. The first-order valence-corrected chi connectivity index (χ1v) is 6.47. The molecule has 0 aromatic heterocycles. The average molecular weight is 277 g/mol. The summed E-state index contributed by atoms with van der Waals surface area (Å²) in [6.07, 6.45) is 1.11. The summed E-state index contributed by atoms with van der Waals surface area (Å²) in [4.78, 5) is 0. The molecule has 0 aliphatic carbocycles. The molecule has 1 atom stereocenters. The summed E-state index contributed by atoms with van der Waals surface area (Å²) in [6, 6.07) is 10.6. The number of phenolic OH excluding ortho intramolecular Hbond substituents is 1. The normalized spacial score (nSPS) is 12.3. The van der Waals surface area contributed by atoms with Gasteiger partial charge in [0.2, 0.25) is 0 Å². The molecular weight excluding hydrogens is 260 g/mol. The van der Waals surface area contributed by atoms with E-state index < -0.39 is 11.6 Å². The Hall–Kier alpha value is -1.94. The third-order valence-corrected chi connectivity index (χ3v) is 3.28. The molecule has 20 heavy (non-hydrogen) atoms. The monoisotopic (exact) mass is 277 g/mol. The maximum Gasteiger partial charge on any atom is 0.129 e. The summed E-state index contributed by atoms with van der Waals surface area (Å²) in [7, 11) is 1.80. The Kier molecular flexibility index (Phi) is 4.69. The fourth-order valence-corrected chi connectivity index (χ4v) is 2.20. The van der Waals surface area contributed by atoms with Gasteiger partial charge in [-0.3, -0.25) is 0 Å². The third kappa shape index (κ3) is 3.78. The summed E-state index contributed by atoms with van der Waals surface area (Å²) in [5.74, 6) is -0.883. The summed E-state index contributed by atoms with van der Waals surface area (Å²) in [5, 5.41) is 12.6. The number of halogens is 2. The Balaban J connectivity index is 2.09. The smallest absolute Gasteiger partial charge is 0.129 e. The van der Waals surface area contributed by atoms with E-state index in [1.807, 2.05) is 6.07 Å². The second kappa shape index (κ2) is 6.48. The maximum atomic E-state index is 13.6. The molecule has 2 N–H and O–H groups in total. The van der Waals surface area contributed by atoms with Crippen molar-refractivity contribution in [1.29, 1.82) is 0 Å². The van der Waals surface area contributed by atoms with Crippen molar-refractivity contribution in [1.82, 2.24) is 5.32 Å². The van der Waals surface area contributed by atoms with Gasteiger partial charge in [-0.1, -0.05) is 18.2 Å². The molecule has 0 bridgehead atoms. The fraction of sp³-hybridized carbons (Fsp3) is 0.250. The van der Waals surface area contributed by atoms with Gasteiger partial charge in [0, 0.05) is 12.1 Å². The molecule has 0 amide bonds. The molecule has 4 heteroatoms. The van der Waals surface area contributed by atoms with Crippen LogP contribution in [0.25, 0.3) is 0 Å². The van der Waals surface area contributed by atoms with Crippen molar-refractivity contribution in [2.75, 3.05) is 7.05 Å². The standard InChI is InChI=1S/C16H17F2NO/c1-19-14(7-11-3-2-4-15(20)8-11)9-12-5-6-13(17)10-16(12)18/h2-6,8,10,14,19-20H,7,9H2,1H3. The zero-order valence-corrected chi connectivity index (χ0v) is 11.2. The summed E-state index contributed by atoms with van der Waals surface area (Å²) < 4.78 is 26.5. The van der Waals surface area contributed by atoms with Crippen molar-refractivity contribution in [3.63, 3.8) is 0 Å². The van der Waals surface area contributed by atoms with Crippen LogP contribution in [0.1, 0.15) is 11.1 Å². The highest BCUT2D eigenvalue weighted by atomic mass is 19.1. The van der Waals surface area contributed by atoms with E-state index in [0.29, 0.717) is 18.4 Å². The lowest BCUT2D eigenvalue weighted by atomic mass is 9.98. The lowest BCUT2D eigenvalue weighted by Gasteiger charge is -2.17. The van der Waals surface area contributed by atoms with Crippen LogP contribution < -0.4 is 5.32 Å². The molecule has 0 saturated carbocycles. The van der Waals surface area contributed by atoms with Crippen molar-refractivity contribution in [3.8, 4) is 5.75 Å². The Morgan fingerprint density at radius 1 is 1.10 bits per heavy atom. The van der Waals surface area contributed by atoms with Gasteiger partial charge in [-0.25, -0.2) is 8.78 Å². The molecule has 0 saturated heterocycles. The van der Waals surface area contributed by atoms with Crippen LogP contribution in [0.4, 0.5) is 8.78 Å². The molecule has 106 valence electrons.